The van der Waals surface area contributed by atoms with Gasteiger partial charge >= 0.3 is 0 Å². The topological polar surface area (TPSA) is 67.6 Å². The molecule has 0 aliphatic rings. The summed E-state index contributed by atoms with van der Waals surface area (Å²) >= 11 is 2.07. The van der Waals surface area contributed by atoms with Crippen LogP contribution in [0.25, 0.3) is 21.8 Å². The summed E-state index contributed by atoms with van der Waals surface area (Å²) in [5, 5.41) is 2.00. The van der Waals surface area contributed by atoms with E-state index in [0.29, 0.717) is 9.65 Å². The van der Waals surface area contributed by atoms with Gasteiger partial charge in [0.2, 0.25) is 0 Å². The average molecular weight is 310 g/mol. The highest BCUT2D eigenvalue weighted by molar-refractivity contribution is 14.1. The third-order valence-corrected chi connectivity index (χ3v) is 2.88. The molecule has 5 heteroatoms. The van der Waals surface area contributed by atoms with Crippen LogP contribution in [0.1, 0.15) is 0 Å². The van der Waals surface area contributed by atoms with E-state index >= 15 is 0 Å². The predicted octanol–water partition coefficient (Wildman–Crippen LogP) is 2.30. The van der Waals surface area contributed by atoms with E-state index in [4.69, 9.17) is 5.73 Å². The molecule has 0 saturated carbocycles. The van der Waals surface area contributed by atoms with E-state index in [-0.39, 0.29) is 0 Å². The molecule has 3 aromatic rings. The van der Waals surface area contributed by atoms with Crippen molar-refractivity contribution >= 4 is 50.2 Å². The van der Waals surface area contributed by atoms with Gasteiger partial charge in [-0.05, 0) is 18.2 Å². The van der Waals surface area contributed by atoms with Crippen LogP contribution in [-0.4, -0.2) is 15.0 Å². The fourth-order valence-electron chi connectivity index (χ4n) is 1.76. The zero-order valence-electron chi connectivity index (χ0n) is 7.66. The Morgan fingerprint density at radius 1 is 1.20 bits per heavy atom. The zero-order chi connectivity index (χ0) is 10.4. The Balaban J connectivity index is 2.62. The predicted molar refractivity (Wildman–Crippen MR) is 68.5 cm³/mol. The van der Waals surface area contributed by atoms with E-state index in [1.54, 1.807) is 0 Å². The number of nitrogens with zero attached hydrogens (tertiary/aromatic N) is 2. The molecule has 0 fully saturated rings. The van der Waals surface area contributed by atoms with Gasteiger partial charge in [0.1, 0.15) is 5.82 Å². The Hall–Kier alpha value is -1.37. The molecule has 0 radical (unpaired) electrons. The molecule has 2 heterocycles. The molecule has 15 heavy (non-hydrogen) atoms. The summed E-state index contributed by atoms with van der Waals surface area (Å²) in [6, 6.07) is 5.94. The number of aromatic nitrogens is 3. The quantitative estimate of drug-likeness (QED) is 0.494. The van der Waals surface area contributed by atoms with E-state index < -0.39 is 0 Å². The Labute approximate surface area is 99.0 Å². The first kappa shape index (κ1) is 8.90. The number of nitrogens with one attached hydrogen (secondary N) is 1. The number of H-pyrrole nitrogens is 1. The summed E-state index contributed by atoms with van der Waals surface area (Å²) in [5.74, 6) is 0.537. The van der Waals surface area contributed by atoms with Crippen LogP contribution in [0.3, 0.4) is 0 Å². The summed E-state index contributed by atoms with van der Waals surface area (Å²) in [5.41, 5.74) is 7.86. The number of benzene rings is 1. The van der Waals surface area contributed by atoms with Gasteiger partial charge in [-0.25, -0.2) is 9.97 Å². The van der Waals surface area contributed by atoms with Crippen LogP contribution < -0.4 is 5.73 Å². The summed E-state index contributed by atoms with van der Waals surface area (Å²) < 4.78 is 0.674. The number of nitrogen functional groups attached to an aromatic ring is 1. The van der Waals surface area contributed by atoms with Gasteiger partial charge in [-0.3, -0.25) is 0 Å². The van der Waals surface area contributed by atoms with Crippen molar-refractivity contribution in [3.63, 3.8) is 0 Å². The van der Waals surface area contributed by atoms with Crippen LogP contribution in [-0.2, 0) is 0 Å². The number of aromatic amines is 1. The van der Waals surface area contributed by atoms with E-state index in [9.17, 15) is 0 Å². The molecular weight excluding hydrogens is 303 g/mol. The Bertz CT molecular complexity index is 659. The van der Waals surface area contributed by atoms with Crippen molar-refractivity contribution in [3.8, 4) is 0 Å². The fraction of sp³-hybridized carbons (Fsp3) is 0. The molecule has 0 aliphatic heterocycles. The highest BCUT2D eigenvalue weighted by Crippen LogP contribution is 2.27. The average Bonchev–Trinajstić information content (AvgIpc) is 2.63. The van der Waals surface area contributed by atoms with Crippen molar-refractivity contribution in [2.45, 2.75) is 0 Å². The molecule has 0 atom stereocenters. The SMILES string of the molecule is Nc1nc(I)nc2ccc3[nH]ccc3c12. The van der Waals surface area contributed by atoms with E-state index in [0.717, 1.165) is 21.8 Å². The van der Waals surface area contributed by atoms with Crippen LogP contribution in [0.15, 0.2) is 24.4 Å². The second-order valence-electron chi connectivity index (χ2n) is 3.28. The van der Waals surface area contributed by atoms with Crippen LogP contribution in [0.5, 0.6) is 0 Å². The first-order valence-corrected chi connectivity index (χ1v) is 5.52. The third-order valence-electron chi connectivity index (χ3n) is 2.39. The molecule has 3 N–H and O–H groups in total. The second kappa shape index (κ2) is 3.06. The number of nitrogens with two attached hydrogens (primary N) is 1. The zero-order valence-corrected chi connectivity index (χ0v) is 9.82. The molecule has 0 aliphatic carbocycles. The number of halogens is 1. The standard InChI is InChI=1S/C10H7IN4/c11-10-14-7-2-1-6-5(3-4-13-6)8(7)9(12)15-10/h1-4,13H,(H2,12,14,15). The first-order chi connectivity index (χ1) is 7.25. The molecule has 0 spiro atoms. The number of hydrogen-bond acceptors (Lipinski definition) is 3. The van der Waals surface area contributed by atoms with Gasteiger partial charge < -0.3 is 10.7 Å². The van der Waals surface area contributed by atoms with Gasteiger partial charge in [-0.15, -0.1) is 0 Å². The fourth-order valence-corrected chi connectivity index (χ4v) is 2.28. The Morgan fingerprint density at radius 2 is 2.07 bits per heavy atom. The minimum atomic E-state index is 0.537. The van der Waals surface area contributed by atoms with Crippen LogP contribution >= 0.6 is 22.6 Å². The highest BCUT2D eigenvalue weighted by atomic mass is 127. The maximum atomic E-state index is 5.91. The summed E-state index contributed by atoms with van der Waals surface area (Å²) in [6.45, 7) is 0. The van der Waals surface area contributed by atoms with Crippen molar-refractivity contribution < 1.29 is 0 Å². The van der Waals surface area contributed by atoms with Gasteiger partial charge in [-0.1, -0.05) is 0 Å². The highest BCUT2D eigenvalue weighted by Gasteiger charge is 2.07. The lowest BCUT2D eigenvalue weighted by Crippen LogP contribution is -1.97. The number of fused-ring (bicyclic) bond motifs is 3. The lowest BCUT2D eigenvalue weighted by atomic mass is 10.1. The molecule has 74 valence electrons. The largest absolute Gasteiger partial charge is 0.383 e. The van der Waals surface area contributed by atoms with Gasteiger partial charge in [-0.2, -0.15) is 0 Å². The van der Waals surface area contributed by atoms with Gasteiger partial charge in [0.15, 0.2) is 3.83 Å². The van der Waals surface area contributed by atoms with Crippen molar-refractivity contribution in [2.75, 3.05) is 5.73 Å². The molecule has 0 saturated heterocycles. The number of rotatable bonds is 0. The van der Waals surface area contributed by atoms with Crippen LogP contribution in [0, 0.1) is 3.83 Å². The summed E-state index contributed by atoms with van der Waals surface area (Å²) in [4.78, 5) is 11.7. The normalized spacial score (nSPS) is 11.3. The van der Waals surface area contributed by atoms with E-state index in [2.05, 4.69) is 37.5 Å². The van der Waals surface area contributed by atoms with Crippen molar-refractivity contribution in [1.29, 1.82) is 0 Å². The first-order valence-electron chi connectivity index (χ1n) is 4.44. The molecule has 4 nitrogen and oxygen atoms in total. The lowest BCUT2D eigenvalue weighted by Gasteiger charge is -2.02. The minimum Gasteiger partial charge on any atom is -0.383 e. The van der Waals surface area contributed by atoms with Crippen LogP contribution in [0.2, 0.25) is 0 Å². The van der Waals surface area contributed by atoms with Crippen LogP contribution in [0.4, 0.5) is 5.82 Å². The second-order valence-corrected chi connectivity index (χ2v) is 4.24. The molecule has 0 amide bonds. The monoisotopic (exact) mass is 310 g/mol. The molecular formula is C10H7IN4. The summed E-state index contributed by atoms with van der Waals surface area (Å²) in [7, 11) is 0. The van der Waals surface area contributed by atoms with Gasteiger partial charge in [0.05, 0.1) is 10.9 Å². The Kier molecular flexibility index (Phi) is 1.82. The molecule has 1 aromatic carbocycles. The van der Waals surface area contributed by atoms with Gasteiger partial charge in [0.25, 0.3) is 0 Å². The molecule has 0 bridgehead atoms. The summed E-state index contributed by atoms with van der Waals surface area (Å²) in [6.07, 6.45) is 1.89. The minimum absolute atomic E-state index is 0.537. The Morgan fingerprint density at radius 3 is 2.93 bits per heavy atom. The number of hydrogen-bond donors (Lipinski definition) is 2. The third kappa shape index (κ3) is 1.26. The van der Waals surface area contributed by atoms with Crippen molar-refractivity contribution in [1.82, 2.24) is 15.0 Å². The van der Waals surface area contributed by atoms with Crippen molar-refractivity contribution in [3.05, 3.63) is 28.2 Å². The van der Waals surface area contributed by atoms with Crippen molar-refractivity contribution in [2.24, 2.45) is 0 Å². The maximum Gasteiger partial charge on any atom is 0.193 e. The lowest BCUT2D eigenvalue weighted by molar-refractivity contribution is 1.16. The van der Waals surface area contributed by atoms with E-state index in [1.807, 2.05) is 24.4 Å². The maximum absolute atomic E-state index is 5.91. The molecule has 3 rings (SSSR count). The molecule has 0 unspecified atom stereocenters. The van der Waals surface area contributed by atoms with E-state index in [1.165, 1.54) is 0 Å². The number of anilines is 1. The smallest absolute Gasteiger partial charge is 0.193 e. The molecule has 2 aromatic heterocycles. The van der Waals surface area contributed by atoms with Gasteiger partial charge in [0, 0.05) is 39.7 Å².